The average Bonchev–Trinajstić information content (AvgIpc) is 3.01. The van der Waals surface area contributed by atoms with Crippen LogP contribution in [0.5, 0.6) is 0 Å². The molecule has 4 aliphatic carbocycles. The Morgan fingerprint density at radius 3 is 1.67 bits per heavy atom. The topological polar surface area (TPSA) is 75.4 Å². The maximum Gasteiger partial charge on any atom is 0.248 e. The molecular weight excluding hydrogens is 570 g/mol. The number of aromatic amines is 2. The van der Waals surface area contributed by atoms with E-state index in [0.29, 0.717) is 23.7 Å². The number of aromatic nitrogens is 2. The third-order valence-corrected chi connectivity index (χ3v) is 13.1. The van der Waals surface area contributed by atoms with E-state index in [1.54, 1.807) is 12.1 Å². The lowest BCUT2D eigenvalue weighted by molar-refractivity contribution is -0.0564. The smallest absolute Gasteiger partial charge is 0.248 e. The molecule has 2 N–H and O–H groups in total. The van der Waals surface area contributed by atoms with Gasteiger partial charge in [0.05, 0.1) is 11.1 Å². The lowest BCUT2D eigenvalue weighted by Crippen LogP contribution is -2.62. The average molecular weight is 624 g/mol. The van der Waals surface area contributed by atoms with Crippen molar-refractivity contribution in [3.63, 3.8) is 0 Å². The highest BCUT2D eigenvalue weighted by Crippen LogP contribution is 2.58. The van der Waals surface area contributed by atoms with E-state index in [4.69, 9.17) is 0 Å². The minimum absolute atomic E-state index is 0.000167. The molecule has 6 atom stereocenters. The van der Waals surface area contributed by atoms with Gasteiger partial charge < -0.3 is 14.9 Å². The maximum atomic E-state index is 12.4. The first-order valence-corrected chi connectivity index (χ1v) is 18.3. The summed E-state index contributed by atoms with van der Waals surface area (Å²) in [6, 6.07) is 7.89. The Morgan fingerprint density at radius 1 is 0.739 bits per heavy atom. The van der Waals surface area contributed by atoms with Crippen LogP contribution in [0.2, 0.25) is 0 Å². The molecule has 4 heterocycles. The number of nitrogens with one attached hydrogen (secondary N) is 2. The zero-order valence-electron chi connectivity index (χ0n) is 28.2. The summed E-state index contributed by atoms with van der Waals surface area (Å²) in [6.45, 7) is 14.6. The molecule has 0 amide bonds. The van der Waals surface area contributed by atoms with Crippen LogP contribution in [-0.4, -0.2) is 70.5 Å². The molecule has 2 aliphatic heterocycles. The third kappa shape index (κ3) is 4.78. The van der Waals surface area contributed by atoms with E-state index in [1.807, 2.05) is 0 Å². The fourth-order valence-corrected chi connectivity index (χ4v) is 11.7. The molecular formula is C39H53N5O2. The van der Waals surface area contributed by atoms with Crippen LogP contribution >= 0.6 is 0 Å². The van der Waals surface area contributed by atoms with Gasteiger partial charge in [0.1, 0.15) is 0 Å². The van der Waals surface area contributed by atoms with Crippen molar-refractivity contribution in [1.82, 2.24) is 24.7 Å². The quantitative estimate of drug-likeness (QED) is 0.389. The Kier molecular flexibility index (Phi) is 7.81. The molecule has 7 heteroatoms. The van der Waals surface area contributed by atoms with Crippen LogP contribution in [0, 0.1) is 23.7 Å². The van der Waals surface area contributed by atoms with Crippen molar-refractivity contribution < 1.29 is 0 Å². The Balaban J connectivity index is 1.05. The molecule has 2 fully saturated rings. The molecule has 246 valence electrons. The molecule has 2 saturated heterocycles. The second kappa shape index (κ2) is 11.7. The minimum Gasteiger partial charge on any atom is -0.326 e. The normalized spacial score (nSPS) is 33.4. The molecule has 0 radical (unpaired) electrons. The lowest BCUT2D eigenvalue weighted by atomic mass is 9.56. The van der Waals surface area contributed by atoms with Crippen molar-refractivity contribution in [2.45, 2.75) is 89.6 Å². The van der Waals surface area contributed by atoms with Gasteiger partial charge in [-0.2, -0.15) is 0 Å². The van der Waals surface area contributed by atoms with Crippen LogP contribution in [0.25, 0.3) is 0 Å². The molecule has 0 aromatic carbocycles. The summed E-state index contributed by atoms with van der Waals surface area (Å²) in [6.07, 6.45) is 15.4. The summed E-state index contributed by atoms with van der Waals surface area (Å²) in [7, 11) is 0. The summed E-state index contributed by atoms with van der Waals surface area (Å²) in [5.74, 6) is 2.29. The van der Waals surface area contributed by atoms with Crippen LogP contribution in [0.15, 0.2) is 57.2 Å². The van der Waals surface area contributed by atoms with E-state index in [-0.39, 0.29) is 22.2 Å². The van der Waals surface area contributed by atoms with Gasteiger partial charge >= 0.3 is 0 Å². The zero-order chi connectivity index (χ0) is 31.6. The SMILES string of the molecule is CCCN(CCN1CCC[C@@H]2[C@H]3C=C(C)C[C@]21c1ccc(=O)[nH]c1C3)CCN1CCC[C@@H]2[C@H]3C=C(C)C[C@]21c1ccc(=O)[nH]c1C3. The Morgan fingerprint density at radius 2 is 1.22 bits per heavy atom. The van der Waals surface area contributed by atoms with Crippen molar-refractivity contribution in [1.29, 1.82) is 0 Å². The Bertz CT molecular complexity index is 1550. The van der Waals surface area contributed by atoms with Gasteiger partial charge in [0.15, 0.2) is 0 Å². The highest BCUT2D eigenvalue weighted by molar-refractivity contribution is 5.41. The number of fused-ring (bicyclic) bond motifs is 2. The van der Waals surface area contributed by atoms with Crippen molar-refractivity contribution in [2.24, 2.45) is 23.7 Å². The minimum atomic E-state index is 0.000167. The fourth-order valence-electron chi connectivity index (χ4n) is 11.7. The van der Waals surface area contributed by atoms with E-state index in [2.05, 4.69) is 69.7 Å². The Hall–Kier alpha value is -2.74. The standard InChI is InChI=1S/C39H53N5O2/c1-4-13-42(16-18-43-14-5-7-30-28-20-26(2)24-38(30,43)32-9-11-36(45)40-34(32)22-28)17-19-44-15-6-8-31-29-21-27(3)25-39(31,44)33-10-12-37(46)41-35(33)23-29/h9-12,20-21,28-31H,4-8,13-19,22-25H2,1-3H3,(H,40,45)(H,41,46)/t28-,29-,30+,31+,38+,39+/m0/s1. The zero-order valence-corrected chi connectivity index (χ0v) is 28.2. The molecule has 8 rings (SSSR count). The molecule has 4 bridgehead atoms. The highest BCUT2D eigenvalue weighted by Gasteiger charge is 2.56. The van der Waals surface area contributed by atoms with Crippen LogP contribution in [0.1, 0.15) is 88.2 Å². The molecule has 6 aliphatic rings. The summed E-state index contributed by atoms with van der Waals surface area (Å²) < 4.78 is 0. The monoisotopic (exact) mass is 623 g/mol. The van der Waals surface area contributed by atoms with Crippen molar-refractivity contribution >= 4 is 0 Å². The van der Waals surface area contributed by atoms with Gasteiger partial charge in [0.25, 0.3) is 0 Å². The van der Waals surface area contributed by atoms with Gasteiger partial charge in [-0.15, -0.1) is 0 Å². The van der Waals surface area contributed by atoms with Crippen LogP contribution in [-0.2, 0) is 23.9 Å². The number of hydrogen-bond acceptors (Lipinski definition) is 5. The first-order valence-electron chi connectivity index (χ1n) is 18.3. The molecule has 46 heavy (non-hydrogen) atoms. The van der Waals surface area contributed by atoms with Gasteiger partial charge in [-0.3, -0.25) is 19.4 Å². The van der Waals surface area contributed by atoms with Gasteiger partial charge in [0, 0.05) is 49.7 Å². The third-order valence-electron chi connectivity index (χ3n) is 13.1. The van der Waals surface area contributed by atoms with E-state index in [0.717, 1.165) is 77.9 Å². The number of piperidine rings is 2. The van der Waals surface area contributed by atoms with Crippen LogP contribution < -0.4 is 11.1 Å². The summed E-state index contributed by atoms with van der Waals surface area (Å²) in [5, 5.41) is 0. The van der Waals surface area contributed by atoms with Gasteiger partial charge in [0.2, 0.25) is 11.1 Å². The van der Waals surface area contributed by atoms with E-state index < -0.39 is 0 Å². The lowest BCUT2D eigenvalue weighted by Gasteiger charge is -2.60. The number of H-pyrrole nitrogens is 2. The number of nitrogens with zero attached hydrogens (tertiary/aromatic N) is 3. The second-order valence-electron chi connectivity index (χ2n) is 15.7. The van der Waals surface area contributed by atoms with Gasteiger partial charge in [-0.05, 0) is 138 Å². The molecule has 0 saturated carbocycles. The summed E-state index contributed by atoms with van der Waals surface area (Å²) in [5.41, 5.74) is 8.24. The largest absolute Gasteiger partial charge is 0.326 e. The number of allylic oxidation sites excluding steroid dienone is 2. The highest BCUT2D eigenvalue weighted by atomic mass is 16.1. The predicted octanol–water partition coefficient (Wildman–Crippen LogP) is 5.33. The number of hydrogen-bond donors (Lipinski definition) is 2. The van der Waals surface area contributed by atoms with Crippen LogP contribution in [0.3, 0.4) is 0 Å². The van der Waals surface area contributed by atoms with E-state index >= 15 is 0 Å². The van der Waals surface area contributed by atoms with Gasteiger partial charge in [-0.25, -0.2) is 0 Å². The fraction of sp³-hybridized carbons (Fsp3) is 0.641. The number of rotatable bonds is 8. The van der Waals surface area contributed by atoms with E-state index in [9.17, 15) is 9.59 Å². The predicted molar refractivity (Wildman–Crippen MR) is 184 cm³/mol. The molecule has 2 aromatic rings. The van der Waals surface area contributed by atoms with Crippen LogP contribution in [0.4, 0.5) is 0 Å². The molecule has 2 aromatic heterocycles. The number of pyridine rings is 2. The first kappa shape index (κ1) is 30.6. The molecule has 7 nitrogen and oxygen atoms in total. The first-order chi connectivity index (χ1) is 22.3. The van der Waals surface area contributed by atoms with Gasteiger partial charge in [-0.1, -0.05) is 30.2 Å². The second-order valence-corrected chi connectivity index (χ2v) is 15.7. The van der Waals surface area contributed by atoms with Crippen molar-refractivity contribution in [2.75, 3.05) is 45.8 Å². The molecule has 0 unspecified atom stereocenters. The van der Waals surface area contributed by atoms with Crippen molar-refractivity contribution in [3.05, 3.63) is 90.8 Å². The maximum absolute atomic E-state index is 12.4. The van der Waals surface area contributed by atoms with E-state index in [1.165, 1.54) is 59.3 Å². The molecule has 0 spiro atoms. The summed E-state index contributed by atoms with van der Waals surface area (Å²) >= 11 is 0. The van der Waals surface area contributed by atoms with Crippen molar-refractivity contribution in [3.8, 4) is 0 Å². The Labute approximate surface area is 274 Å². The number of likely N-dealkylation sites (tertiary alicyclic amines) is 2. The summed E-state index contributed by atoms with van der Waals surface area (Å²) in [4.78, 5) is 39.7.